The number of ether oxygens (including phenoxy) is 2. The lowest BCUT2D eigenvalue weighted by Crippen LogP contribution is -2.30. The summed E-state index contributed by atoms with van der Waals surface area (Å²) in [7, 11) is 0. The van der Waals surface area contributed by atoms with Crippen molar-refractivity contribution < 1.29 is 19.1 Å². The van der Waals surface area contributed by atoms with Crippen LogP contribution in [-0.2, 0) is 4.74 Å². The van der Waals surface area contributed by atoms with Gasteiger partial charge in [-0.2, -0.15) is 0 Å². The first-order valence-corrected chi connectivity index (χ1v) is 10.2. The first-order valence-electron chi connectivity index (χ1n) is 10.2. The quantitative estimate of drug-likeness (QED) is 0.733. The van der Waals surface area contributed by atoms with E-state index in [1.165, 1.54) is 0 Å². The fourth-order valence-corrected chi connectivity index (χ4v) is 3.26. The Balaban J connectivity index is 1.54. The summed E-state index contributed by atoms with van der Waals surface area (Å²) in [5.41, 5.74) is 1.79. The smallest absolute Gasteiger partial charge is 0.255 e. The van der Waals surface area contributed by atoms with Crippen molar-refractivity contribution in [3.8, 4) is 5.75 Å². The molecule has 3 rings (SSSR count). The summed E-state index contributed by atoms with van der Waals surface area (Å²) in [6.45, 7) is 6.58. The van der Waals surface area contributed by atoms with Crippen LogP contribution in [-0.4, -0.2) is 49.1 Å². The number of hydrogen-bond donors (Lipinski definition) is 1. The maximum Gasteiger partial charge on any atom is 0.255 e. The summed E-state index contributed by atoms with van der Waals surface area (Å²) >= 11 is 0. The van der Waals surface area contributed by atoms with Crippen molar-refractivity contribution in [1.82, 2.24) is 4.90 Å². The predicted molar refractivity (Wildman–Crippen MR) is 113 cm³/mol. The van der Waals surface area contributed by atoms with E-state index in [1.54, 1.807) is 53.4 Å². The highest BCUT2D eigenvalue weighted by atomic mass is 16.5. The number of nitrogens with one attached hydrogen (secondary N) is 1. The van der Waals surface area contributed by atoms with Crippen molar-refractivity contribution in [3.63, 3.8) is 0 Å². The summed E-state index contributed by atoms with van der Waals surface area (Å²) in [5, 5.41) is 2.85. The van der Waals surface area contributed by atoms with Crippen LogP contribution in [0, 0.1) is 0 Å². The van der Waals surface area contributed by atoms with Gasteiger partial charge in [-0.25, -0.2) is 0 Å². The molecule has 1 heterocycles. The van der Waals surface area contributed by atoms with Gasteiger partial charge in [-0.15, -0.1) is 0 Å². The van der Waals surface area contributed by atoms with Crippen LogP contribution < -0.4 is 10.1 Å². The first-order chi connectivity index (χ1) is 14.1. The van der Waals surface area contributed by atoms with Gasteiger partial charge in [-0.3, -0.25) is 9.59 Å². The molecule has 1 aliphatic rings. The van der Waals surface area contributed by atoms with E-state index in [1.807, 2.05) is 13.8 Å². The number of carbonyl (C=O) groups is 2. The average molecular weight is 396 g/mol. The molecule has 29 heavy (non-hydrogen) atoms. The van der Waals surface area contributed by atoms with Crippen LogP contribution >= 0.6 is 0 Å². The van der Waals surface area contributed by atoms with Crippen LogP contribution in [0.1, 0.15) is 47.4 Å². The summed E-state index contributed by atoms with van der Waals surface area (Å²) in [6, 6.07) is 14.0. The van der Waals surface area contributed by atoms with E-state index in [0.29, 0.717) is 36.5 Å². The highest BCUT2D eigenvalue weighted by Crippen LogP contribution is 2.18. The molecule has 2 aromatic carbocycles. The topological polar surface area (TPSA) is 67.9 Å². The monoisotopic (exact) mass is 396 g/mol. The van der Waals surface area contributed by atoms with Gasteiger partial charge >= 0.3 is 0 Å². The fraction of sp³-hybridized carbons (Fsp3) is 0.391. The summed E-state index contributed by atoms with van der Waals surface area (Å²) < 4.78 is 11.3. The minimum Gasteiger partial charge on any atom is -0.491 e. The standard InChI is InChI=1S/C23H28N2O4/c1-3-25(4-2)23(27)18-7-11-19(12-8-18)24-22(26)17-9-13-20(14-10-17)29-16-21-6-5-15-28-21/h7-14,21H,3-6,15-16H2,1-2H3,(H,24,26). The van der Waals surface area contributed by atoms with Gasteiger partial charge in [0.15, 0.2) is 0 Å². The van der Waals surface area contributed by atoms with E-state index in [2.05, 4.69) is 5.32 Å². The third-order valence-electron chi connectivity index (χ3n) is 5.02. The van der Waals surface area contributed by atoms with Gasteiger partial charge in [0.2, 0.25) is 0 Å². The van der Waals surface area contributed by atoms with Crippen LogP contribution in [0.25, 0.3) is 0 Å². The van der Waals surface area contributed by atoms with Gasteiger partial charge in [0, 0.05) is 36.5 Å². The van der Waals surface area contributed by atoms with Gasteiger partial charge in [0.25, 0.3) is 11.8 Å². The summed E-state index contributed by atoms with van der Waals surface area (Å²) in [5.74, 6) is 0.501. The van der Waals surface area contributed by atoms with Gasteiger partial charge in [0.1, 0.15) is 12.4 Å². The van der Waals surface area contributed by atoms with Crippen LogP contribution in [0.15, 0.2) is 48.5 Å². The maximum atomic E-state index is 12.5. The molecule has 1 atom stereocenters. The molecular weight excluding hydrogens is 368 g/mol. The Morgan fingerprint density at radius 1 is 1.03 bits per heavy atom. The number of anilines is 1. The average Bonchev–Trinajstić information content (AvgIpc) is 3.27. The Bertz CT molecular complexity index is 808. The van der Waals surface area contributed by atoms with Crippen LogP contribution in [0.2, 0.25) is 0 Å². The number of hydrogen-bond acceptors (Lipinski definition) is 4. The number of rotatable bonds is 8. The minimum absolute atomic E-state index is 0.00790. The van der Waals surface area contributed by atoms with Gasteiger partial charge in [-0.05, 0) is 75.2 Å². The van der Waals surface area contributed by atoms with Crippen LogP contribution in [0.3, 0.4) is 0 Å². The van der Waals surface area contributed by atoms with Crippen molar-refractivity contribution in [2.24, 2.45) is 0 Å². The molecule has 0 bridgehead atoms. The van der Waals surface area contributed by atoms with E-state index >= 15 is 0 Å². The number of benzene rings is 2. The van der Waals surface area contributed by atoms with Crippen LogP contribution in [0.4, 0.5) is 5.69 Å². The molecule has 154 valence electrons. The van der Waals surface area contributed by atoms with E-state index in [4.69, 9.17) is 9.47 Å². The van der Waals surface area contributed by atoms with Crippen molar-refractivity contribution >= 4 is 17.5 Å². The molecule has 2 aromatic rings. The summed E-state index contributed by atoms with van der Waals surface area (Å²) in [6.07, 6.45) is 2.27. The molecule has 0 spiro atoms. The van der Waals surface area contributed by atoms with Crippen molar-refractivity contribution in [3.05, 3.63) is 59.7 Å². The Hall–Kier alpha value is -2.86. The lowest BCUT2D eigenvalue weighted by Gasteiger charge is -2.18. The molecule has 0 saturated carbocycles. The van der Waals surface area contributed by atoms with Crippen molar-refractivity contribution in [2.75, 3.05) is 31.6 Å². The molecule has 0 aliphatic carbocycles. The normalized spacial score (nSPS) is 15.7. The molecule has 6 nitrogen and oxygen atoms in total. The molecular formula is C23H28N2O4. The largest absolute Gasteiger partial charge is 0.491 e. The Morgan fingerprint density at radius 2 is 1.69 bits per heavy atom. The molecule has 0 aromatic heterocycles. The fourth-order valence-electron chi connectivity index (χ4n) is 3.26. The Kier molecular flexibility index (Phi) is 7.25. The number of carbonyl (C=O) groups excluding carboxylic acids is 2. The molecule has 0 radical (unpaired) electrons. The zero-order chi connectivity index (χ0) is 20.6. The third-order valence-corrected chi connectivity index (χ3v) is 5.02. The second-order valence-electron chi connectivity index (χ2n) is 6.98. The van der Waals surface area contributed by atoms with E-state index in [-0.39, 0.29) is 17.9 Å². The first kappa shape index (κ1) is 20.9. The maximum absolute atomic E-state index is 12.5. The third kappa shape index (κ3) is 5.57. The molecule has 1 N–H and O–H groups in total. The molecule has 6 heteroatoms. The van der Waals surface area contributed by atoms with Gasteiger partial charge in [0.05, 0.1) is 6.10 Å². The molecule has 1 saturated heterocycles. The van der Waals surface area contributed by atoms with E-state index < -0.39 is 0 Å². The van der Waals surface area contributed by atoms with Crippen molar-refractivity contribution in [2.45, 2.75) is 32.8 Å². The SMILES string of the molecule is CCN(CC)C(=O)c1ccc(NC(=O)c2ccc(OCC3CCCO3)cc2)cc1. The summed E-state index contributed by atoms with van der Waals surface area (Å²) in [4.78, 5) is 26.6. The Labute approximate surface area is 171 Å². The lowest BCUT2D eigenvalue weighted by molar-refractivity contribution is 0.0679. The van der Waals surface area contributed by atoms with Crippen LogP contribution in [0.5, 0.6) is 5.75 Å². The lowest BCUT2D eigenvalue weighted by atomic mass is 10.1. The number of amides is 2. The zero-order valence-corrected chi connectivity index (χ0v) is 17.0. The molecule has 1 unspecified atom stereocenters. The second-order valence-corrected chi connectivity index (χ2v) is 6.98. The van der Waals surface area contributed by atoms with Gasteiger partial charge < -0.3 is 19.7 Å². The second kappa shape index (κ2) is 10.1. The van der Waals surface area contributed by atoms with E-state index in [0.717, 1.165) is 25.2 Å². The zero-order valence-electron chi connectivity index (χ0n) is 17.0. The highest BCUT2D eigenvalue weighted by molar-refractivity contribution is 6.04. The van der Waals surface area contributed by atoms with Crippen molar-refractivity contribution in [1.29, 1.82) is 0 Å². The van der Waals surface area contributed by atoms with E-state index in [9.17, 15) is 9.59 Å². The number of nitrogens with zero attached hydrogens (tertiary/aromatic N) is 1. The Morgan fingerprint density at radius 3 is 2.28 bits per heavy atom. The molecule has 1 aliphatic heterocycles. The molecule has 1 fully saturated rings. The minimum atomic E-state index is -0.210. The predicted octanol–water partition coefficient (Wildman–Crippen LogP) is 3.98. The van der Waals surface area contributed by atoms with Gasteiger partial charge in [-0.1, -0.05) is 0 Å². The molecule has 2 amide bonds. The highest BCUT2D eigenvalue weighted by Gasteiger charge is 2.16.